The predicted octanol–water partition coefficient (Wildman–Crippen LogP) is 6.19. The van der Waals surface area contributed by atoms with Gasteiger partial charge in [0.25, 0.3) is 0 Å². The molecule has 0 atom stereocenters. The van der Waals surface area contributed by atoms with Crippen LogP contribution in [0.2, 0.25) is 0 Å². The summed E-state index contributed by atoms with van der Waals surface area (Å²) in [6, 6.07) is 12.6. The highest BCUT2D eigenvalue weighted by atomic mass is 19.1. The number of phenolic OH excluding ortho intramolecular Hbond substituents is 1. The minimum absolute atomic E-state index is 0.0354. The lowest BCUT2D eigenvalue weighted by Crippen LogP contribution is -2.31. The Labute approximate surface area is 210 Å². The first-order chi connectivity index (χ1) is 17.4. The van der Waals surface area contributed by atoms with Crippen LogP contribution in [0.1, 0.15) is 69.5 Å². The Balaban J connectivity index is 1.58. The van der Waals surface area contributed by atoms with Gasteiger partial charge in [-0.15, -0.1) is 0 Å². The highest BCUT2D eigenvalue weighted by Gasteiger charge is 2.26. The molecule has 36 heavy (non-hydrogen) atoms. The molecule has 3 N–H and O–H groups in total. The van der Waals surface area contributed by atoms with Gasteiger partial charge in [0.05, 0.1) is 11.4 Å². The molecular weight excluding hydrogens is 459 g/mol. The number of hydrogen-bond donors (Lipinski definition) is 3. The summed E-state index contributed by atoms with van der Waals surface area (Å²) in [4.78, 5) is 25.5. The maximum absolute atomic E-state index is 14.0. The van der Waals surface area contributed by atoms with Gasteiger partial charge in [-0.3, -0.25) is 4.79 Å². The number of rotatable bonds is 8. The second-order valence-corrected chi connectivity index (χ2v) is 9.33. The molecule has 0 unspecified atom stereocenters. The normalized spacial score (nSPS) is 13.8. The molecule has 8 heteroatoms. The van der Waals surface area contributed by atoms with Crippen molar-refractivity contribution in [2.45, 2.75) is 64.8 Å². The average molecular weight is 493 g/mol. The average Bonchev–Trinajstić information content (AvgIpc) is 3.54. The standard InChI is InChI=1S/C28H33FN4O3/c1-3-18(4-2)27(35)31-21-13-14-22(26(34)15-21)24-16-25(19-9-5-6-10-19)33(32-24)28(36)30-17-20-11-7-8-12-23(20)29/h7-8,11-16,18-19,34H,3-6,9-10,17H2,1-2H3,(H,30,36)(H,31,35). The summed E-state index contributed by atoms with van der Waals surface area (Å²) in [5.41, 5.74) is 2.61. The van der Waals surface area contributed by atoms with Crippen molar-refractivity contribution in [1.82, 2.24) is 15.1 Å². The van der Waals surface area contributed by atoms with Crippen LogP contribution in [0.15, 0.2) is 48.5 Å². The van der Waals surface area contributed by atoms with E-state index in [-0.39, 0.29) is 35.9 Å². The number of halogens is 1. The van der Waals surface area contributed by atoms with Crippen LogP contribution in [-0.2, 0) is 11.3 Å². The summed E-state index contributed by atoms with van der Waals surface area (Å²) in [6.07, 6.45) is 5.56. The van der Waals surface area contributed by atoms with Crippen molar-refractivity contribution in [2.24, 2.45) is 5.92 Å². The quantitative estimate of drug-likeness (QED) is 0.350. The number of aromatic nitrogens is 2. The van der Waals surface area contributed by atoms with Gasteiger partial charge in [-0.2, -0.15) is 9.78 Å². The first-order valence-corrected chi connectivity index (χ1v) is 12.7. The van der Waals surface area contributed by atoms with Crippen molar-refractivity contribution in [3.63, 3.8) is 0 Å². The van der Waals surface area contributed by atoms with Gasteiger partial charge in [-0.1, -0.05) is 44.9 Å². The highest BCUT2D eigenvalue weighted by molar-refractivity contribution is 5.93. The number of carbonyl (C=O) groups excluding carboxylic acids is 2. The Hall–Kier alpha value is -3.68. The molecule has 7 nitrogen and oxygen atoms in total. The van der Waals surface area contributed by atoms with Crippen molar-refractivity contribution in [1.29, 1.82) is 0 Å². The molecule has 0 bridgehead atoms. The summed E-state index contributed by atoms with van der Waals surface area (Å²) in [5.74, 6) is -0.389. The number of nitrogens with one attached hydrogen (secondary N) is 2. The van der Waals surface area contributed by atoms with E-state index in [0.29, 0.717) is 22.5 Å². The van der Waals surface area contributed by atoms with E-state index in [4.69, 9.17) is 0 Å². The molecule has 1 aliphatic rings. The molecular formula is C28H33FN4O3. The van der Waals surface area contributed by atoms with Gasteiger partial charge in [-0.05, 0) is 49.9 Å². The molecule has 1 aliphatic carbocycles. The van der Waals surface area contributed by atoms with Crippen LogP contribution in [0.25, 0.3) is 11.3 Å². The first kappa shape index (κ1) is 25.4. The van der Waals surface area contributed by atoms with E-state index < -0.39 is 6.03 Å². The Bertz CT molecular complexity index is 1230. The summed E-state index contributed by atoms with van der Waals surface area (Å²) in [7, 11) is 0. The lowest BCUT2D eigenvalue weighted by molar-refractivity contribution is -0.120. The third-order valence-electron chi connectivity index (χ3n) is 6.99. The first-order valence-electron chi connectivity index (χ1n) is 12.7. The molecule has 1 heterocycles. The molecule has 2 aromatic carbocycles. The Morgan fingerprint density at radius 2 is 1.83 bits per heavy atom. The van der Waals surface area contributed by atoms with E-state index >= 15 is 0 Å². The van der Waals surface area contributed by atoms with Crippen LogP contribution in [0.3, 0.4) is 0 Å². The lowest BCUT2D eigenvalue weighted by Gasteiger charge is -2.13. The zero-order valence-electron chi connectivity index (χ0n) is 20.8. The van der Waals surface area contributed by atoms with E-state index in [1.54, 1.807) is 30.3 Å². The Morgan fingerprint density at radius 3 is 2.50 bits per heavy atom. The fraction of sp³-hybridized carbons (Fsp3) is 0.393. The van der Waals surface area contributed by atoms with E-state index in [0.717, 1.165) is 44.2 Å². The largest absolute Gasteiger partial charge is 0.507 e. The van der Waals surface area contributed by atoms with Crippen LogP contribution in [0, 0.1) is 11.7 Å². The minimum Gasteiger partial charge on any atom is -0.507 e. The van der Waals surface area contributed by atoms with Crippen molar-refractivity contribution in [3.05, 3.63) is 65.6 Å². The van der Waals surface area contributed by atoms with Gasteiger partial charge in [0.2, 0.25) is 5.91 Å². The van der Waals surface area contributed by atoms with Crippen LogP contribution in [0.5, 0.6) is 5.75 Å². The zero-order chi connectivity index (χ0) is 25.7. The maximum atomic E-state index is 14.0. The molecule has 0 radical (unpaired) electrons. The highest BCUT2D eigenvalue weighted by Crippen LogP contribution is 2.38. The van der Waals surface area contributed by atoms with E-state index in [1.165, 1.54) is 16.8 Å². The van der Waals surface area contributed by atoms with Gasteiger partial charge in [0.15, 0.2) is 0 Å². The maximum Gasteiger partial charge on any atom is 0.342 e. The lowest BCUT2D eigenvalue weighted by atomic mass is 10.0. The SMILES string of the molecule is CCC(CC)C(=O)Nc1ccc(-c2cc(C3CCCC3)n(C(=O)NCc3ccccc3F)n2)c(O)c1. The fourth-order valence-corrected chi connectivity index (χ4v) is 4.82. The van der Waals surface area contributed by atoms with Crippen molar-refractivity contribution in [2.75, 3.05) is 5.32 Å². The molecule has 0 saturated heterocycles. The molecule has 1 aromatic heterocycles. The van der Waals surface area contributed by atoms with Gasteiger partial charge < -0.3 is 15.7 Å². The number of phenols is 1. The van der Waals surface area contributed by atoms with E-state index in [1.807, 2.05) is 19.9 Å². The third kappa shape index (κ3) is 5.58. The van der Waals surface area contributed by atoms with Crippen LogP contribution >= 0.6 is 0 Å². The summed E-state index contributed by atoms with van der Waals surface area (Å²) < 4.78 is 15.3. The van der Waals surface area contributed by atoms with Crippen molar-refractivity contribution >= 4 is 17.6 Å². The third-order valence-corrected chi connectivity index (χ3v) is 6.99. The monoisotopic (exact) mass is 492 g/mol. The van der Waals surface area contributed by atoms with Crippen LogP contribution < -0.4 is 10.6 Å². The van der Waals surface area contributed by atoms with Crippen molar-refractivity contribution in [3.8, 4) is 17.0 Å². The molecule has 1 fully saturated rings. The molecule has 4 rings (SSSR count). The van der Waals surface area contributed by atoms with Crippen molar-refractivity contribution < 1.29 is 19.1 Å². The molecule has 0 spiro atoms. The van der Waals surface area contributed by atoms with Gasteiger partial charge in [0.1, 0.15) is 11.6 Å². The molecule has 3 aromatic rings. The number of aromatic hydroxyl groups is 1. The summed E-state index contributed by atoms with van der Waals surface area (Å²) in [5, 5.41) is 20.9. The van der Waals surface area contributed by atoms with Gasteiger partial charge >= 0.3 is 6.03 Å². The van der Waals surface area contributed by atoms with Gasteiger partial charge in [0, 0.05) is 41.3 Å². The number of anilines is 1. The molecule has 0 aliphatic heterocycles. The van der Waals surface area contributed by atoms with Crippen LogP contribution in [-0.4, -0.2) is 26.8 Å². The molecule has 1 saturated carbocycles. The number of benzene rings is 2. The second kappa shape index (κ2) is 11.4. The Kier molecular flexibility index (Phi) is 8.03. The van der Waals surface area contributed by atoms with Gasteiger partial charge in [-0.25, -0.2) is 9.18 Å². The van der Waals surface area contributed by atoms with E-state index in [2.05, 4.69) is 15.7 Å². The van der Waals surface area contributed by atoms with E-state index in [9.17, 15) is 19.1 Å². The number of amides is 2. The second-order valence-electron chi connectivity index (χ2n) is 9.33. The Morgan fingerprint density at radius 1 is 1.11 bits per heavy atom. The molecule has 2 amide bonds. The van der Waals surface area contributed by atoms with Crippen LogP contribution in [0.4, 0.5) is 14.9 Å². The topological polar surface area (TPSA) is 96.3 Å². The smallest absolute Gasteiger partial charge is 0.342 e. The predicted molar refractivity (Wildman–Crippen MR) is 137 cm³/mol. The summed E-state index contributed by atoms with van der Waals surface area (Å²) >= 11 is 0. The summed E-state index contributed by atoms with van der Waals surface area (Å²) in [6.45, 7) is 3.99. The molecule has 190 valence electrons. The number of carbonyl (C=O) groups is 2. The number of nitrogens with zero attached hydrogens (tertiary/aromatic N) is 2. The fourth-order valence-electron chi connectivity index (χ4n) is 4.82. The zero-order valence-corrected chi connectivity index (χ0v) is 20.8. The number of hydrogen-bond acceptors (Lipinski definition) is 4. The minimum atomic E-state index is -0.444.